The lowest BCUT2D eigenvalue weighted by molar-refractivity contribution is -0.119. The molecule has 0 aromatic heterocycles. The first kappa shape index (κ1) is 14.1. The van der Waals surface area contributed by atoms with Gasteiger partial charge in [0.05, 0.1) is 5.41 Å². The molecule has 0 unspecified atom stereocenters. The van der Waals surface area contributed by atoms with Gasteiger partial charge in [-0.15, -0.1) is 0 Å². The number of aromatic hydroxyl groups is 1. The van der Waals surface area contributed by atoms with Gasteiger partial charge in [-0.05, 0) is 55.8 Å². The van der Waals surface area contributed by atoms with Crippen molar-refractivity contribution >= 4 is 23.2 Å². The highest BCUT2D eigenvalue weighted by atomic mass is 16.3. The molecule has 0 aliphatic carbocycles. The SMILES string of the molecule is CC1(C)C(=O)Nc2cc(NC(=O)c3ccc(O)cc3)ccc21. The molecule has 3 rings (SSSR count). The number of nitrogens with one attached hydrogen (secondary N) is 2. The predicted molar refractivity (Wildman–Crippen MR) is 84.2 cm³/mol. The maximum atomic E-state index is 12.1. The Morgan fingerprint density at radius 3 is 2.50 bits per heavy atom. The monoisotopic (exact) mass is 296 g/mol. The zero-order valence-corrected chi connectivity index (χ0v) is 12.3. The average Bonchev–Trinajstić information content (AvgIpc) is 2.69. The van der Waals surface area contributed by atoms with Gasteiger partial charge in [-0.1, -0.05) is 6.07 Å². The summed E-state index contributed by atoms with van der Waals surface area (Å²) in [6.45, 7) is 3.73. The molecule has 1 aliphatic heterocycles. The zero-order valence-electron chi connectivity index (χ0n) is 12.3. The number of carbonyl (C=O) groups excluding carboxylic acids is 2. The molecule has 3 N–H and O–H groups in total. The first-order chi connectivity index (χ1) is 10.4. The minimum Gasteiger partial charge on any atom is -0.508 e. The Labute approximate surface area is 128 Å². The first-order valence-corrected chi connectivity index (χ1v) is 6.94. The van der Waals surface area contributed by atoms with Crippen molar-refractivity contribution in [1.29, 1.82) is 0 Å². The topological polar surface area (TPSA) is 78.4 Å². The quantitative estimate of drug-likeness (QED) is 0.797. The number of carbonyl (C=O) groups is 2. The van der Waals surface area contributed by atoms with Gasteiger partial charge in [-0.2, -0.15) is 0 Å². The molecule has 0 atom stereocenters. The Kier molecular flexibility index (Phi) is 3.13. The van der Waals surface area contributed by atoms with Gasteiger partial charge in [-0.3, -0.25) is 9.59 Å². The molecule has 2 amide bonds. The Bertz CT molecular complexity index is 764. The van der Waals surface area contributed by atoms with Crippen LogP contribution in [0.2, 0.25) is 0 Å². The molecule has 0 radical (unpaired) electrons. The van der Waals surface area contributed by atoms with Gasteiger partial charge in [-0.25, -0.2) is 0 Å². The zero-order chi connectivity index (χ0) is 15.9. The van der Waals surface area contributed by atoms with Crippen LogP contribution in [0.4, 0.5) is 11.4 Å². The van der Waals surface area contributed by atoms with Gasteiger partial charge >= 0.3 is 0 Å². The van der Waals surface area contributed by atoms with E-state index in [1.807, 2.05) is 19.9 Å². The van der Waals surface area contributed by atoms with E-state index in [2.05, 4.69) is 10.6 Å². The smallest absolute Gasteiger partial charge is 0.255 e. The van der Waals surface area contributed by atoms with Crippen LogP contribution in [-0.2, 0) is 10.2 Å². The van der Waals surface area contributed by atoms with Crippen LogP contribution in [0.1, 0.15) is 29.8 Å². The lowest BCUT2D eigenvalue weighted by Gasteiger charge is -2.15. The first-order valence-electron chi connectivity index (χ1n) is 6.94. The molecule has 0 spiro atoms. The van der Waals surface area contributed by atoms with Gasteiger partial charge in [0, 0.05) is 16.9 Å². The summed E-state index contributed by atoms with van der Waals surface area (Å²) >= 11 is 0. The number of phenols is 1. The van der Waals surface area contributed by atoms with E-state index < -0.39 is 5.41 Å². The number of phenolic OH excluding ortho intramolecular Hbond substituents is 1. The third-order valence-electron chi connectivity index (χ3n) is 3.90. The van der Waals surface area contributed by atoms with Crippen LogP contribution in [0.25, 0.3) is 0 Å². The molecular formula is C17H16N2O3. The van der Waals surface area contributed by atoms with Crippen molar-refractivity contribution in [1.82, 2.24) is 0 Å². The number of amides is 2. The van der Waals surface area contributed by atoms with Crippen molar-refractivity contribution in [3.63, 3.8) is 0 Å². The second-order valence-electron chi connectivity index (χ2n) is 5.84. The van der Waals surface area contributed by atoms with Gasteiger partial charge in [0.2, 0.25) is 5.91 Å². The maximum absolute atomic E-state index is 12.1. The Morgan fingerprint density at radius 2 is 1.82 bits per heavy atom. The van der Waals surface area contributed by atoms with E-state index in [1.165, 1.54) is 12.1 Å². The van der Waals surface area contributed by atoms with Crippen LogP contribution < -0.4 is 10.6 Å². The number of fused-ring (bicyclic) bond motifs is 1. The molecule has 22 heavy (non-hydrogen) atoms. The summed E-state index contributed by atoms with van der Waals surface area (Å²) < 4.78 is 0. The highest BCUT2D eigenvalue weighted by Crippen LogP contribution is 2.38. The summed E-state index contributed by atoms with van der Waals surface area (Å²) in [6.07, 6.45) is 0. The molecule has 1 heterocycles. The summed E-state index contributed by atoms with van der Waals surface area (Å²) in [6, 6.07) is 11.4. The van der Waals surface area contributed by atoms with Gasteiger partial charge < -0.3 is 15.7 Å². The van der Waals surface area contributed by atoms with Crippen LogP contribution in [0.15, 0.2) is 42.5 Å². The van der Waals surface area contributed by atoms with Gasteiger partial charge in [0.25, 0.3) is 5.91 Å². The molecule has 0 bridgehead atoms. The summed E-state index contributed by atoms with van der Waals surface area (Å²) in [4.78, 5) is 24.1. The van der Waals surface area contributed by atoms with Crippen molar-refractivity contribution in [2.24, 2.45) is 0 Å². The predicted octanol–water partition coefficient (Wildman–Crippen LogP) is 2.87. The van der Waals surface area contributed by atoms with E-state index in [0.717, 1.165) is 11.3 Å². The van der Waals surface area contributed by atoms with Crippen LogP contribution in [0, 0.1) is 0 Å². The van der Waals surface area contributed by atoms with Crippen molar-refractivity contribution < 1.29 is 14.7 Å². The third kappa shape index (κ3) is 2.30. The second kappa shape index (κ2) is 4.87. The van der Waals surface area contributed by atoms with Crippen molar-refractivity contribution in [2.75, 3.05) is 10.6 Å². The number of benzene rings is 2. The fraction of sp³-hybridized carbons (Fsp3) is 0.176. The van der Waals surface area contributed by atoms with E-state index in [1.54, 1.807) is 24.3 Å². The molecule has 0 saturated heterocycles. The van der Waals surface area contributed by atoms with Gasteiger partial charge in [0.1, 0.15) is 5.75 Å². The van der Waals surface area contributed by atoms with E-state index in [9.17, 15) is 14.7 Å². The van der Waals surface area contributed by atoms with E-state index in [4.69, 9.17) is 0 Å². The number of anilines is 2. The van der Waals surface area contributed by atoms with Crippen molar-refractivity contribution in [3.8, 4) is 5.75 Å². The number of rotatable bonds is 2. The average molecular weight is 296 g/mol. The van der Waals surface area contributed by atoms with Crippen LogP contribution >= 0.6 is 0 Å². The van der Waals surface area contributed by atoms with E-state index in [-0.39, 0.29) is 17.6 Å². The highest BCUT2D eigenvalue weighted by molar-refractivity contribution is 6.08. The minimum atomic E-state index is -0.561. The van der Waals surface area contributed by atoms with Gasteiger partial charge in [0.15, 0.2) is 0 Å². The normalized spacial score (nSPS) is 15.1. The summed E-state index contributed by atoms with van der Waals surface area (Å²) in [5.41, 5.74) is 2.13. The Morgan fingerprint density at radius 1 is 1.14 bits per heavy atom. The molecule has 5 nitrogen and oxygen atoms in total. The molecule has 0 saturated carbocycles. The molecule has 5 heteroatoms. The molecule has 2 aromatic rings. The minimum absolute atomic E-state index is 0.0514. The fourth-order valence-corrected chi connectivity index (χ4v) is 2.49. The van der Waals surface area contributed by atoms with E-state index in [0.29, 0.717) is 11.3 Å². The second-order valence-corrected chi connectivity index (χ2v) is 5.84. The summed E-state index contributed by atoms with van der Waals surface area (Å²) in [5.74, 6) is -0.216. The Balaban J connectivity index is 1.83. The highest BCUT2D eigenvalue weighted by Gasteiger charge is 2.38. The molecule has 1 aliphatic rings. The number of hydrogen-bond acceptors (Lipinski definition) is 3. The summed E-state index contributed by atoms with van der Waals surface area (Å²) in [5, 5.41) is 14.8. The Hall–Kier alpha value is -2.82. The van der Waals surface area contributed by atoms with Crippen molar-refractivity contribution in [3.05, 3.63) is 53.6 Å². The summed E-state index contributed by atoms with van der Waals surface area (Å²) in [7, 11) is 0. The molecule has 112 valence electrons. The molecular weight excluding hydrogens is 280 g/mol. The largest absolute Gasteiger partial charge is 0.508 e. The van der Waals surface area contributed by atoms with Crippen LogP contribution in [0.3, 0.4) is 0 Å². The number of hydrogen-bond donors (Lipinski definition) is 3. The standard InChI is InChI=1S/C17H16N2O3/c1-17(2)13-8-5-11(9-14(13)19-16(17)22)18-15(21)10-3-6-12(20)7-4-10/h3-9,20H,1-2H3,(H,18,21)(H,19,22). The third-order valence-corrected chi connectivity index (χ3v) is 3.90. The fourth-order valence-electron chi connectivity index (χ4n) is 2.49. The van der Waals surface area contributed by atoms with Crippen LogP contribution in [-0.4, -0.2) is 16.9 Å². The molecule has 0 fully saturated rings. The van der Waals surface area contributed by atoms with Crippen molar-refractivity contribution in [2.45, 2.75) is 19.3 Å². The lowest BCUT2D eigenvalue weighted by Crippen LogP contribution is -2.26. The maximum Gasteiger partial charge on any atom is 0.255 e. The van der Waals surface area contributed by atoms with Crippen LogP contribution in [0.5, 0.6) is 5.75 Å². The molecule has 2 aromatic carbocycles. The lowest BCUT2D eigenvalue weighted by atomic mass is 9.86. The van der Waals surface area contributed by atoms with E-state index >= 15 is 0 Å².